The van der Waals surface area contributed by atoms with Gasteiger partial charge < -0.3 is 4.40 Å². The summed E-state index contributed by atoms with van der Waals surface area (Å²) in [4.78, 5) is 8.50. The number of rotatable bonds is 2. The fourth-order valence-electron chi connectivity index (χ4n) is 2.72. The van der Waals surface area contributed by atoms with Gasteiger partial charge in [-0.15, -0.1) is 0 Å². The zero-order chi connectivity index (χ0) is 17.1. The third kappa shape index (κ3) is 3.15. The van der Waals surface area contributed by atoms with Crippen molar-refractivity contribution in [3.8, 4) is 0 Å². The summed E-state index contributed by atoms with van der Waals surface area (Å²) in [5.74, 6) is 0.969. The van der Waals surface area contributed by atoms with Crippen LogP contribution in [0.25, 0.3) is 16.6 Å². The molecule has 5 heteroatoms. The van der Waals surface area contributed by atoms with Gasteiger partial charge in [0.15, 0.2) is 5.65 Å². The van der Waals surface area contributed by atoms with E-state index in [0.717, 1.165) is 16.7 Å². The number of nitrogens with zero attached hydrogens (tertiary/aromatic N) is 4. The number of imidazole rings is 1. The Bertz CT molecular complexity index is 855. The highest BCUT2D eigenvalue weighted by Gasteiger charge is 2.08. The van der Waals surface area contributed by atoms with Crippen LogP contribution in [0.3, 0.4) is 0 Å². The molecule has 0 saturated carbocycles. The number of hydrogen-bond acceptors (Lipinski definition) is 3. The van der Waals surface area contributed by atoms with E-state index in [0.29, 0.717) is 11.8 Å². The number of nitrogens with one attached hydrogen (secondary N) is 1. The molecule has 0 fully saturated rings. The Kier molecular flexibility index (Phi) is 4.60. The van der Waals surface area contributed by atoms with Crippen molar-refractivity contribution < 1.29 is 0 Å². The van der Waals surface area contributed by atoms with Crippen molar-refractivity contribution in [2.75, 3.05) is 0 Å². The fraction of sp³-hybridized carbons (Fsp3) is 0.316. The first kappa shape index (κ1) is 16.2. The van der Waals surface area contributed by atoms with Gasteiger partial charge >= 0.3 is 0 Å². The predicted molar refractivity (Wildman–Crippen MR) is 97.3 cm³/mol. The van der Waals surface area contributed by atoms with Crippen LogP contribution in [0.15, 0.2) is 49.1 Å². The van der Waals surface area contributed by atoms with Crippen LogP contribution in [-0.4, -0.2) is 24.6 Å². The summed E-state index contributed by atoms with van der Waals surface area (Å²) in [7, 11) is 0. The molecular weight excluding hydrogens is 298 g/mol. The van der Waals surface area contributed by atoms with Gasteiger partial charge in [0, 0.05) is 23.5 Å². The highest BCUT2D eigenvalue weighted by atomic mass is 15.1. The van der Waals surface area contributed by atoms with Crippen LogP contribution in [-0.2, 0) is 0 Å². The van der Waals surface area contributed by atoms with E-state index in [2.05, 4.69) is 58.3 Å². The van der Waals surface area contributed by atoms with E-state index >= 15 is 0 Å². The van der Waals surface area contributed by atoms with E-state index in [4.69, 9.17) is 0 Å². The average Bonchev–Trinajstić information content (AvgIpc) is 3.19. The Morgan fingerprint density at radius 1 is 0.958 bits per heavy atom. The van der Waals surface area contributed by atoms with Crippen molar-refractivity contribution in [3.63, 3.8) is 0 Å². The molecule has 0 unspecified atom stereocenters. The molecule has 4 rings (SSSR count). The first-order chi connectivity index (χ1) is 11.6. The minimum Gasteiger partial charge on any atom is -0.306 e. The highest BCUT2D eigenvalue weighted by Crippen LogP contribution is 2.20. The first-order valence-electron chi connectivity index (χ1n) is 8.28. The molecule has 1 N–H and O–H groups in total. The second kappa shape index (κ2) is 6.83. The lowest BCUT2D eigenvalue weighted by Crippen LogP contribution is -1.88. The molecule has 0 radical (unpaired) electrons. The van der Waals surface area contributed by atoms with Crippen LogP contribution in [0.2, 0.25) is 0 Å². The van der Waals surface area contributed by atoms with Gasteiger partial charge in [0.2, 0.25) is 0 Å². The number of H-pyrrole nitrogens is 1. The maximum Gasteiger partial charge on any atom is 0.181 e. The van der Waals surface area contributed by atoms with Crippen molar-refractivity contribution in [2.45, 2.75) is 39.5 Å². The van der Waals surface area contributed by atoms with Gasteiger partial charge in [0.1, 0.15) is 0 Å². The maximum absolute atomic E-state index is 4.36. The molecule has 0 aliphatic rings. The number of aromatic nitrogens is 5. The zero-order valence-electron chi connectivity index (χ0n) is 14.6. The van der Waals surface area contributed by atoms with Crippen molar-refractivity contribution >= 4 is 16.6 Å². The molecule has 124 valence electrons. The van der Waals surface area contributed by atoms with Crippen molar-refractivity contribution in [2.24, 2.45) is 0 Å². The summed E-state index contributed by atoms with van der Waals surface area (Å²) >= 11 is 0. The molecule has 0 saturated heterocycles. The minimum absolute atomic E-state index is 0.471. The summed E-state index contributed by atoms with van der Waals surface area (Å²) in [6, 6.07) is 10.1. The lowest BCUT2D eigenvalue weighted by atomic mass is 10.1. The fourth-order valence-corrected chi connectivity index (χ4v) is 2.72. The predicted octanol–water partition coefficient (Wildman–Crippen LogP) is 4.54. The molecule has 0 amide bonds. The smallest absolute Gasteiger partial charge is 0.181 e. The van der Waals surface area contributed by atoms with Crippen LogP contribution in [0.4, 0.5) is 0 Å². The van der Waals surface area contributed by atoms with Gasteiger partial charge in [-0.2, -0.15) is 5.10 Å². The molecule has 24 heavy (non-hydrogen) atoms. The zero-order valence-corrected chi connectivity index (χ0v) is 14.6. The van der Waals surface area contributed by atoms with Crippen molar-refractivity contribution in [3.05, 3.63) is 60.4 Å². The number of fused-ring (bicyclic) bond motifs is 2. The lowest BCUT2D eigenvalue weighted by Gasteiger charge is -2.00. The standard InChI is InChI=1S/C10H12N2.C9H11N3/c1-8(2)10-9-5-3-4-6-12(9)7-11-10;1-6(2)8-7-4-3-5-10-9(7)12-11-8/h3-8H,1-2H3;3-6H,1-2H3,(H,10,11,12). The first-order valence-corrected chi connectivity index (χ1v) is 8.28. The Morgan fingerprint density at radius 3 is 2.54 bits per heavy atom. The van der Waals surface area contributed by atoms with E-state index < -0.39 is 0 Å². The summed E-state index contributed by atoms with van der Waals surface area (Å²) in [5, 5.41) is 8.24. The second-order valence-corrected chi connectivity index (χ2v) is 6.44. The summed E-state index contributed by atoms with van der Waals surface area (Å²) < 4.78 is 2.05. The Morgan fingerprint density at radius 2 is 1.79 bits per heavy atom. The van der Waals surface area contributed by atoms with Gasteiger partial charge in [-0.25, -0.2) is 9.97 Å². The van der Waals surface area contributed by atoms with E-state index in [1.54, 1.807) is 6.20 Å². The average molecular weight is 321 g/mol. The molecule has 0 aliphatic carbocycles. The van der Waals surface area contributed by atoms with Crippen molar-refractivity contribution in [1.82, 2.24) is 24.6 Å². The second-order valence-electron chi connectivity index (χ2n) is 6.44. The molecule has 0 spiro atoms. The van der Waals surface area contributed by atoms with Crippen molar-refractivity contribution in [1.29, 1.82) is 0 Å². The van der Waals surface area contributed by atoms with Gasteiger partial charge in [-0.3, -0.25) is 5.10 Å². The van der Waals surface area contributed by atoms with E-state index in [1.165, 1.54) is 11.2 Å². The molecule has 0 aliphatic heterocycles. The third-order valence-electron chi connectivity index (χ3n) is 3.96. The van der Waals surface area contributed by atoms with Crippen LogP contribution >= 0.6 is 0 Å². The van der Waals surface area contributed by atoms with Gasteiger partial charge in [-0.05, 0) is 36.1 Å². The van der Waals surface area contributed by atoms with Crippen LogP contribution in [0.1, 0.15) is 50.9 Å². The molecular formula is C19H23N5. The van der Waals surface area contributed by atoms with Crippen LogP contribution in [0.5, 0.6) is 0 Å². The highest BCUT2D eigenvalue weighted by molar-refractivity contribution is 5.77. The lowest BCUT2D eigenvalue weighted by molar-refractivity contribution is 0.817. The molecule has 4 aromatic rings. The number of pyridine rings is 2. The summed E-state index contributed by atoms with van der Waals surface area (Å²) in [6.07, 6.45) is 5.64. The molecule has 0 aromatic carbocycles. The van der Waals surface area contributed by atoms with Gasteiger partial charge in [0.05, 0.1) is 17.5 Å². The molecule has 0 atom stereocenters. The Hall–Kier alpha value is -2.69. The Labute approximate surface area is 141 Å². The van der Waals surface area contributed by atoms with Crippen LogP contribution in [0, 0.1) is 0 Å². The summed E-state index contributed by atoms with van der Waals surface area (Å²) in [5.41, 5.74) is 4.36. The quantitative estimate of drug-likeness (QED) is 0.589. The number of hydrogen-bond donors (Lipinski definition) is 1. The van der Waals surface area contributed by atoms with Gasteiger partial charge in [-0.1, -0.05) is 33.8 Å². The molecule has 4 heterocycles. The maximum atomic E-state index is 4.36. The van der Waals surface area contributed by atoms with E-state index in [-0.39, 0.29) is 0 Å². The topological polar surface area (TPSA) is 58.9 Å². The summed E-state index contributed by atoms with van der Waals surface area (Å²) in [6.45, 7) is 8.60. The largest absolute Gasteiger partial charge is 0.306 e. The molecule has 0 bridgehead atoms. The van der Waals surface area contributed by atoms with E-state index in [1.807, 2.05) is 36.8 Å². The Balaban J connectivity index is 0.000000141. The molecule has 5 nitrogen and oxygen atoms in total. The monoisotopic (exact) mass is 321 g/mol. The minimum atomic E-state index is 0.471. The normalized spacial score (nSPS) is 11.2. The van der Waals surface area contributed by atoms with E-state index in [9.17, 15) is 0 Å². The third-order valence-corrected chi connectivity index (χ3v) is 3.96. The SMILES string of the molecule is CC(C)c1[nH]nc2ncccc12.CC(C)c1ncn2ccccc12. The van der Waals surface area contributed by atoms with Gasteiger partial charge in [0.25, 0.3) is 0 Å². The molecule has 4 aromatic heterocycles. The van der Waals surface area contributed by atoms with Crippen LogP contribution < -0.4 is 0 Å². The number of aromatic amines is 1.